The lowest BCUT2D eigenvalue weighted by Gasteiger charge is -2.19. The van der Waals surface area contributed by atoms with Crippen molar-refractivity contribution in [1.82, 2.24) is 0 Å². The maximum absolute atomic E-state index is 12.3. The summed E-state index contributed by atoms with van der Waals surface area (Å²) in [4.78, 5) is 11.9. The van der Waals surface area contributed by atoms with E-state index in [0.29, 0.717) is 5.56 Å². The molecule has 0 saturated carbocycles. The molecule has 0 saturated heterocycles. The summed E-state index contributed by atoms with van der Waals surface area (Å²) in [7, 11) is -5.94. The molecule has 9 nitrogen and oxygen atoms in total. The van der Waals surface area contributed by atoms with E-state index in [2.05, 4.69) is 5.10 Å². The summed E-state index contributed by atoms with van der Waals surface area (Å²) in [6, 6.07) is 13.5. The molecule has 0 aliphatic heterocycles. The van der Waals surface area contributed by atoms with Gasteiger partial charge in [-0.25, -0.2) is 0 Å². The van der Waals surface area contributed by atoms with Crippen LogP contribution in [0.25, 0.3) is 6.08 Å². The van der Waals surface area contributed by atoms with Gasteiger partial charge < -0.3 is 0 Å². The lowest BCUT2D eigenvalue weighted by molar-refractivity contribution is -0.108. The van der Waals surface area contributed by atoms with Gasteiger partial charge in [-0.1, -0.05) is 36.4 Å². The van der Waals surface area contributed by atoms with E-state index in [1.807, 2.05) is 30.3 Å². The molecule has 0 atom stereocenters. The highest BCUT2D eigenvalue weighted by molar-refractivity contribution is 7.86. The first kappa shape index (κ1) is 21.2. The Kier molecular flexibility index (Phi) is 6.57. The summed E-state index contributed by atoms with van der Waals surface area (Å²) in [5.74, 6) is -0.429. The lowest BCUT2D eigenvalue weighted by atomic mass is 9.94. The number of hydrogen-bond donors (Lipinski definition) is 1. The first-order valence-electron chi connectivity index (χ1n) is 7.58. The Balaban J connectivity index is 0.000000640. The number of hydrazone groups is 1. The zero-order valence-electron chi connectivity index (χ0n) is 14.4. The summed E-state index contributed by atoms with van der Waals surface area (Å²) in [5, 5.41) is 5.76. The third-order valence-electron chi connectivity index (χ3n) is 3.60. The summed E-state index contributed by atoms with van der Waals surface area (Å²) in [5.41, 5.74) is 1.31. The van der Waals surface area contributed by atoms with Gasteiger partial charge in [0.25, 0.3) is 10.1 Å². The summed E-state index contributed by atoms with van der Waals surface area (Å²) >= 11 is 0. The van der Waals surface area contributed by atoms with Gasteiger partial charge in [-0.05, 0) is 29.8 Å². The number of para-hydroxylation sites is 1. The first-order valence-corrected chi connectivity index (χ1v) is 10.0. The van der Waals surface area contributed by atoms with Crippen molar-refractivity contribution in [3.05, 3.63) is 65.7 Å². The fraction of sp³-hybridized carbons (Fsp3) is 0.0588. The van der Waals surface area contributed by atoms with Crippen molar-refractivity contribution >= 4 is 44.0 Å². The summed E-state index contributed by atoms with van der Waals surface area (Å²) in [6.07, 6.45) is 2.83. The van der Waals surface area contributed by atoms with Crippen LogP contribution >= 0.6 is 0 Å². The molecule has 0 fully saturated rings. The molecular weight excluding hydrogens is 408 g/mol. The van der Waals surface area contributed by atoms with Crippen LogP contribution in [0.2, 0.25) is 0 Å². The lowest BCUT2D eigenvalue weighted by Crippen LogP contribution is -2.25. The largest absolute Gasteiger partial charge is 0.425 e. The Morgan fingerprint density at radius 1 is 0.964 bits per heavy atom. The molecule has 0 bridgehead atoms. The van der Waals surface area contributed by atoms with Crippen molar-refractivity contribution in [3.63, 3.8) is 0 Å². The highest BCUT2D eigenvalue weighted by Crippen LogP contribution is 2.26. The maximum Gasteiger partial charge on any atom is 0.425 e. The molecule has 146 valence electrons. The number of nitrogens with zero attached hydrogens (tertiary/aromatic N) is 2. The van der Waals surface area contributed by atoms with Crippen LogP contribution in [0.3, 0.4) is 0 Å². The van der Waals surface area contributed by atoms with Gasteiger partial charge in [-0.2, -0.15) is 13.5 Å². The minimum absolute atomic E-state index is 0.0351. The van der Waals surface area contributed by atoms with E-state index in [-0.39, 0.29) is 16.2 Å². The smallest absolute Gasteiger partial charge is 0.287 e. The van der Waals surface area contributed by atoms with E-state index >= 15 is 0 Å². The molecule has 1 aliphatic carbocycles. The van der Waals surface area contributed by atoms with Gasteiger partial charge in [0, 0.05) is 12.6 Å². The second kappa shape index (κ2) is 8.69. The van der Waals surface area contributed by atoms with Crippen LogP contribution in [0.1, 0.15) is 11.1 Å². The predicted molar refractivity (Wildman–Crippen MR) is 101 cm³/mol. The predicted octanol–water partition coefficient (Wildman–Crippen LogP) is 1.37. The van der Waals surface area contributed by atoms with Crippen LogP contribution in [0.4, 0.5) is 5.69 Å². The third-order valence-corrected chi connectivity index (χ3v) is 4.50. The van der Waals surface area contributed by atoms with E-state index < -0.39 is 26.5 Å². The maximum atomic E-state index is 12.3. The van der Waals surface area contributed by atoms with E-state index in [1.54, 1.807) is 13.1 Å². The highest BCUT2D eigenvalue weighted by Gasteiger charge is 2.27. The average molecular weight is 422 g/mol. The van der Waals surface area contributed by atoms with Crippen LogP contribution in [-0.2, 0) is 25.5 Å². The SMILES string of the molecule is CN(/N=C1\C(=O)C=Cc2cccc(S(=O)(=O)O)c21)c1ccccc1.O=S(=O)=O. The molecule has 0 unspecified atom stereocenters. The molecule has 2 aromatic carbocycles. The molecule has 0 radical (unpaired) electrons. The number of anilines is 1. The quantitative estimate of drug-likeness (QED) is 0.578. The first-order chi connectivity index (χ1) is 13.1. The van der Waals surface area contributed by atoms with E-state index in [9.17, 15) is 17.8 Å². The van der Waals surface area contributed by atoms with Crippen LogP contribution < -0.4 is 5.01 Å². The molecule has 0 spiro atoms. The van der Waals surface area contributed by atoms with Crippen molar-refractivity contribution < 1.29 is 30.4 Å². The number of ketones is 1. The zero-order chi connectivity index (χ0) is 20.9. The Labute approximate surface area is 162 Å². The number of carbonyl (C=O) groups is 1. The molecule has 0 heterocycles. The topological polar surface area (TPSA) is 138 Å². The van der Waals surface area contributed by atoms with E-state index in [4.69, 9.17) is 12.6 Å². The molecule has 28 heavy (non-hydrogen) atoms. The minimum Gasteiger partial charge on any atom is -0.287 e. The summed E-state index contributed by atoms with van der Waals surface area (Å²) < 4.78 is 58.1. The van der Waals surface area contributed by atoms with Crippen LogP contribution in [0, 0.1) is 0 Å². The van der Waals surface area contributed by atoms with Crippen molar-refractivity contribution in [2.45, 2.75) is 4.90 Å². The number of carbonyl (C=O) groups excluding carboxylic acids is 1. The number of benzene rings is 2. The third kappa shape index (κ3) is 5.19. The van der Waals surface area contributed by atoms with Crippen molar-refractivity contribution in [2.24, 2.45) is 5.10 Å². The second-order valence-electron chi connectivity index (χ2n) is 5.40. The molecule has 3 rings (SSSR count). The Hall–Kier alpha value is -3.15. The standard InChI is InChI=1S/C17H14N2O4S.O3S/c1-19(13-7-3-2-4-8-13)18-17-14(20)11-10-12-6-5-9-15(16(12)17)24(21,22)23;1-4(2)3/h2-11H,1H3,(H,21,22,23);/b18-17+;. The Morgan fingerprint density at radius 2 is 1.57 bits per heavy atom. The molecule has 11 heteroatoms. The van der Waals surface area contributed by atoms with Crippen LogP contribution in [-0.4, -0.2) is 44.1 Å². The monoisotopic (exact) mass is 422 g/mol. The molecule has 0 aromatic heterocycles. The van der Waals surface area contributed by atoms with Gasteiger partial charge in [0.1, 0.15) is 10.6 Å². The highest BCUT2D eigenvalue weighted by atomic mass is 32.2. The second-order valence-corrected chi connectivity index (χ2v) is 7.20. The number of fused-ring (bicyclic) bond motifs is 1. The molecule has 0 amide bonds. The summed E-state index contributed by atoms with van der Waals surface area (Å²) in [6.45, 7) is 0. The van der Waals surface area contributed by atoms with Crippen LogP contribution in [0.15, 0.2) is 64.6 Å². The molecular formula is C17H14N2O7S2. The molecule has 1 N–H and O–H groups in total. The Morgan fingerprint density at radius 3 is 2.14 bits per heavy atom. The minimum atomic E-state index is -4.49. The van der Waals surface area contributed by atoms with Crippen molar-refractivity contribution in [1.29, 1.82) is 0 Å². The zero-order valence-corrected chi connectivity index (χ0v) is 16.0. The van der Waals surface area contributed by atoms with Crippen LogP contribution in [0.5, 0.6) is 0 Å². The number of rotatable bonds is 3. The van der Waals surface area contributed by atoms with Gasteiger partial charge in [0.15, 0.2) is 0 Å². The fourth-order valence-corrected chi connectivity index (χ4v) is 3.20. The fourth-order valence-electron chi connectivity index (χ4n) is 2.47. The van der Waals surface area contributed by atoms with E-state index in [0.717, 1.165) is 5.69 Å². The molecule has 2 aromatic rings. The number of hydrogen-bond acceptors (Lipinski definition) is 8. The molecule has 1 aliphatic rings. The van der Waals surface area contributed by atoms with Gasteiger partial charge in [0.05, 0.1) is 5.69 Å². The van der Waals surface area contributed by atoms with Gasteiger partial charge in [0.2, 0.25) is 5.78 Å². The van der Waals surface area contributed by atoms with Gasteiger partial charge in [-0.3, -0.25) is 14.4 Å². The van der Waals surface area contributed by atoms with Gasteiger partial charge >= 0.3 is 10.6 Å². The average Bonchev–Trinajstić information content (AvgIpc) is 2.63. The Bertz CT molecular complexity index is 1160. The van der Waals surface area contributed by atoms with Crippen molar-refractivity contribution in [2.75, 3.05) is 12.1 Å². The van der Waals surface area contributed by atoms with Gasteiger partial charge in [-0.15, -0.1) is 12.6 Å². The van der Waals surface area contributed by atoms with E-state index in [1.165, 1.54) is 29.3 Å². The number of allylic oxidation sites excluding steroid dienone is 1. The normalized spacial score (nSPS) is 14.1. The van der Waals surface area contributed by atoms with Crippen molar-refractivity contribution in [3.8, 4) is 0 Å².